The number of nitrogens with one attached hydrogen (secondary N) is 1. The minimum absolute atomic E-state index is 0.555. The molecular formula is C18H34N2. The van der Waals surface area contributed by atoms with Gasteiger partial charge in [-0.2, -0.15) is 0 Å². The molecule has 2 aliphatic heterocycles. The third-order valence-corrected chi connectivity index (χ3v) is 5.13. The van der Waals surface area contributed by atoms with Crippen LogP contribution in [0.1, 0.15) is 71.1 Å². The van der Waals surface area contributed by atoms with Gasteiger partial charge in [-0.25, -0.2) is 0 Å². The summed E-state index contributed by atoms with van der Waals surface area (Å²) in [5, 5.41) is 3.64. The summed E-state index contributed by atoms with van der Waals surface area (Å²) in [4.78, 5) is 2.53. The molecule has 0 radical (unpaired) electrons. The Labute approximate surface area is 126 Å². The molecule has 2 nitrogen and oxygen atoms in total. The number of allylic oxidation sites excluding steroid dienone is 1. The molecule has 0 saturated carbocycles. The first-order chi connectivity index (χ1) is 9.85. The average molecular weight is 278 g/mol. The van der Waals surface area contributed by atoms with E-state index in [-0.39, 0.29) is 0 Å². The van der Waals surface area contributed by atoms with Gasteiger partial charge >= 0.3 is 0 Å². The summed E-state index contributed by atoms with van der Waals surface area (Å²) in [5.41, 5.74) is 0.555. The van der Waals surface area contributed by atoms with Gasteiger partial charge in [-0.3, -0.25) is 0 Å². The van der Waals surface area contributed by atoms with Crippen molar-refractivity contribution in [3.05, 3.63) is 12.3 Å². The van der Waals surface area contributed by atoms with Crippen LogP contribution in [0.4, 0.5) is 0 Å². The molecule has 116 valence electrons. The van der Waals surface area contributed by atoms with Crippen LogP contribution in [0.3, 0.4) is 0 Å². The molecule has 0 aliphatic carbocycles. The molecule has 0 aromatic rings. The number of rotatable bonds is 7. The predicted octanol–water partition coefficient (Wildman–Crippen LogP) is 4.33. The Morgan fingerprint density at radius 1 is 1.10 bits per heavy atom. The second-order valence-corrected chi connectivity index (χ2v) is 6.92. The number of unbranched alkanes of at least 4 members (excludes halogenated alkanes) is 2. The van der Waals surface area contributed by atoms with Crippen LogP contribution in [-0.4, -0.2) is 31.1 Å². The van der Waals surface area contributed by atoms with E-state index in [2.05, 4.69) is 29.4 Å². The van der Waals surface area contributed by atoms with E-state index in [4.69, 9.17) is 0 Å². The van der Waals surface area contributed by atoms with Gasteiger partial charge in [0, 0.05) is 19.6 Å². The van der Waals surface area contributed by atoms with Gasteiger partial charge in [-0.15, -0.1) is 0 Å². The molecule has 2 fully saturated rings. The van der Waals surface area contributed by atoms with Crippen LogP contribution in [0.25, 0.3) is 0 Å². The molecule has 1 atom stereocenters. The lowest BCUT2D eigenvalue weighted by molar-refractivity contribution is 0.187. The van der Waals surface area contributed by atoms with E-state index in [9.17, 15) is 0 Å². The minimum atomic E-state index is 0.555. The average Bonchev–Trinajstić information content (AvgIpc) is 2.50. The van der Waals surface area contributed by atoms with Gasteiger partial charge in [0.1, 0.15) is 0 Å². The van der Waals surface area contributed by atoms with Gasteiger partial charge in [-0.1, -0.05) is 32.3 Å². The first-order valence-corrected chi connectivity index (χ1v) is 8.96. The van der Waals surface area contributed by atoms with Crippen LogP contribution < -0.4 is 5.32 Å². The number of piperidine rings is 2. The first-order valence-electron chi connectivity index (χ1n) is 8.96. The highest BCUT2D eigenvalue weighted by molar-refractivity contribution is 4.94. The van der Waals surface area contributed by atoms with E-state index in [0.717, 1.165) is 0 Å². The summed E-state index contributed by atoms with van der Waals surface area (Å²) >= 11 is 0. The van der Waals surface area contributed by atoms with Crippen LogP contribution in [0.15, 0.2) is 12.3 Å². The Kier molecular flexibility index (Phi) is 6.92. The van der Waals surface area contributed by atoms with E-state index in [0.29, 0.717) is 5.41 Å². The smallest absolute Gasteiger partial charge is 0.0172 e. The molecule has 0 amide bonds. The molecule has 2 saturated heterocycles. The molecule has 2 aliphatic rings. The summed E-state index contributed by atoms with van der Waals surface area (Å²) in [6.45, 7) is 7.32. The molecule has 0 bridgehead atoms. The van der Waals surface area contributed by atoms with Crippen molar-refractivity contribution < 1.29 is 0 Å². The van der Waals surface area contributed by atoms with Gasteiger partial charge in [0.05, 0.1) is 0 Å². The molecule has 0 spiro atoms. The maximum Gasteiger partial charge on any atom is 0.0172 e. The van der Waals surface area contributed by atoms with Crippen LogP contribution in [0.5, 0.6) is 0 Å². The SMILES string of the molecule is CCCCCC1(CC=CN2CCCCC2)CCCNC1. The summed E-state index contributed by atoms with van der Waals surface area (Å²) in [6, 6.07) is 0. The molecule has 2 heteroatoms. The maximum atomic E-state index is 3.64. The Morgan fingerprint density at radius 3 is 2.65 bits per heavy atom. The lowest BCUT2D eigenvalue weighted by atomic mass is 9.74. The third-order valence-electron chi connectivity index (χ3n) is 5.13. The molecule has 2 heterocycles. The van der Waals surface area contributed by atoms with Crippen molar-refractivity contribution in [2.45, 2.75) is 71.1 Å². The Balaban J connectivity index is 1.81. The summed E-state index contributed by atoms with van der Waals surface area (Å²) in [7, 11) is 0. The van der Waals surface area contributed by atoms with Gasteiger partial charge in [0.2, 0.25) is 0 Å². The number of hydrogen-bond donors (Lipinski definition) is 1. The fourth-order valence-electron chi connectivity index (χ4n) is 3.79. The minimum Gasteiger partial charge on any atom is -0.378 e. The van der Waals surface area contributed by atoms with Gasteiger partial charge in [0.15, 0.2) is 0 Å². The maximum absolute atomic E-state index is 3.64. The van der Waals surface area contributed by atoms with E-state index in [1.807, 2.05) is 0 Å². The molecule has 20 heavy (non-hydrogen) atoms. The first kappa shape index (κ1) is 15.9. The third kappa shape index (κ3) is 5.12. The summed E-state index contributed by atoms with van der Waals surface area (Å²) in [5.74, 6) is 0. The molecule has 1 N–H and O–H groups in total. The van der Waals surface area contributed by atoms with Gasteiger partial charge in [0.25, 0.3) is 0 Å². The zero-order valence-electron chi connectivity index (χ0n) is 13.5. The normalized spacial score (nSPS) is 28.1. The fraction of sp³-hybridized carbons (Fsp3) is 0.889. The van der Waals surface area contributed by atoms with Crippen molar-refractivity contribution >= 4 is 0 Å². The van der Waals surface area contributed by atoms with Crippen LogP contribution in [0.2, 0.25) is 0 Å². The quantitative estimate of drug-likeness (QED) is 0.697. The van der Waals surface area contributed by atoms with E-state index >= 15 is 0 Å². The van der Waals surface area contributed by atoms with Crippen molar-refractivity contribution in [1.82, 2.24) is 10.2 Å². The van der Waals surface area contributed by atoms with Gasteiger partial charge < -0.3 is 10.2 Å². The van der Waals surface area contributed by atoms with Crippen molar-refractivity contribution in [3.63, 3.8) is 0 Å². The topological polar surface area (TPSA) is 15.3 Å². The van der Waals surface area contributed by atoms with Gasteiger partial charge in [-0.05, 0) is 63.1 Å². The molecule has 0 aromatic carbocycles. The molecule has 1 unspecified atom stereocenters. The predicted molar refractivity (Wildman–Crippen MR) is 87.9 cm³/mol. The zero-order chi connectivity index (χ0) is 14.1. The largest absolute Gasteiger partial charge is 0.378 e. The van der Waals surface area contributed by atoms with Crippen LogP contribution in [-0.2, 0) is 0 Å². The second-order valence-electron chi connectivity index (χ2n) is 6.92. The monoisotopic (exact) mass is 278 g/mol. The van der Waals surface area contributed by atoms with Crippen LogP contribution >= 0.6 is 0 Å². The highest BCUT2D eigenvalue weighted by Crippen LogP contribution is 2.36. The van der Waals surface area contributed by atoms with Crippen molar-refractivity contribution in [2.24, 2.45) is 5.41 Å². The Bertz CT molecular complexity index is 273. The highest BCUT2D eigenvalue weighted by Gasteiger charge is 2.30. The highest BCUT2D eigenvalue weighted by atomic mass is 15.1. The van der Waals surface area contributed by atoms with E-state index in [1.54, 1.807) is 0 Å². The van der Waals surface area contributed by atoms with E-state index < -0.39 is 0 Å². The summed E-state index contributed by atoms with van der Waals surface area (Å²) < 4.78 is 0. The molecule has 0 aromatic heterocycles. The van der Waals surface area contributed by atoms with Crippen molar-refractivity contribution in [1.29, 1.82) is 0 Å². The molecular weight excluding hydrogens is 244 g/mol. The number of nitrogens with zero attached hydrogens (tertiary/aromatic N) is 1. The lowest BCUT2D eigenvalue weighted by Gasteiger charge is -2.37. The Hall–Kier alpha value is -0.500. The number of hydrogen-bond acceptors (Lipinski definition) is 2. The second kappa shape index (κ2) is 8.71. The summed E-state index contributed by atoms with van der Waals surface area (Å²) in [6.07, 6.45) is 18.7. The number of likely N-dealkylation sites (tertiary alicyclic amines) is 1. The van der Waals surface area contributed by atoms with Crippen molar-refractivity contribution in [3.8, 4) is 0 Å². The molecule has 2 rings (SSSR count). The fourth-order valence-corrected chi connectivity index (χ4v) is 3.79. The standard InChI is InChI=1S/C18H34N2/c1-2-3-5-10-18(11-8-13-19-17-18)12-9-16-20-14-6-4-7-15-20/h9,16,19H,2-8,10-15,17H2,1H3. The van der Waals surface area contributed by atoms with Crippen LogP contribution in [0, 0.1) is 5.41 Å². The Morgan fingerprint density at radius 2 is 1.95 bits per heavy atom. The van der Waals surface area contributed by atoms with Crippen molar-refractivity contribution in [2.75, 3.05) is 26.2 Å². The zero-order valence-corrected chi connectivity index (χ0v) is 13.5. The van der Waals surface area contributed by atoms with E-state index in [1.165, 1.54) is 90.4 Å². The lowest BCUT2D eigenvalue weighted by Crippen LogP contribution is -2.39.